The van der Waals surface area contributed by atoms with Gasteiger partial charge in [-0.1, -0.05) is 12.5 Å². The maximum Gasteiger partial charge on any atom is 0.265 e. The summed E-state index contributed by atoms with van der Waals surface area (Å²) in [6.45, 7) is 2.89. The molecule has 2 aromatic heterocycles. The van der Waals surface area contributed by atoms with Gasteiger partial charge in [0, 0.05) is 24.2 Å². The molecule has 0 saturated carbocycles. The molecular weight excluding hydrogens is 475 g/mol. The van der Waals surface area contributed by atoms with E-state index in [9.17, 15) is 17.6 Å². The molecule has 2 aromatic carbocycles. The van der Waals surface area contributed by atoms with Gasteiger partial charge in [0.05, 0.1) is 21.2 Å². The van der Waals surface area contributed by atoms with Crippen LogP contribution >= 0.6 is 11.3 Å². The Balaban J connectivity index is 1.41. The lowest BCUT2D eigenvalue weighted by Crippen LogP contribution is -2.35. The first-order valence-electron chi connectivity index (χ1n) is 11.0. The molecule has 5 rings (SSSR count). The standard InChI is InChI=1S/C24H23FN4O3S2/c1-16-21-15-22(33-24(21)29(27-16)19-10-8-17(25)9-11-19)23(30)26-18-6-5-7-20(14-18)34(31,32)28-12-3-2-4-13-28/h5-11,14-15H,2-4,12-13H2,1H3,(H,26,30). The summed E-state index contributed by atoms with van der Waals surface area (Å²) < 4.78 is 42.5. The molecule has 1 amide bonds. The summed E-state index contributed by atoms with van der Waals surface area (Å²) >= 11 is 1.27. The Bertz CT molecular complexity index is 1470. The third-order valence-electron chi connectivity index (χ3n) is 5.88. The quantitative estimate of drug-likeness (QED) is 0.421. The first-order valence-corrected chi connectivity index (χ1v) is 13.3. The van der Waals surface area contributed by atoms with Crippen molar-refractivity contribution in [2.24, 2.45) is 0 Å². The predicted molar refractivity (Wildman–Crippen MR) is 131 cm³/mol. The van der Waals surface area contributed by atoms with E-state index in [4.69, 9.17) is 0 Å². The Labute approximate surface area is 200 Å². The summed E-state index contributed by atoms with van der Waals surface area (Å²) in [5, 5.41) is 8.17. The van der Waals surface area contributed by atoms with Crippen LogP contribution in [0.5, 0.6) is 0 Å². The molecule has 1 aliphatic heterocycles. The largest absolute Gasteiger partial charge is 0.321 e. The first kappa shape index (κ1) is 22.7. The van der Waals surface area contributed by atoms with Gasteiger partial charge in [0.1, 0.15) is 10.6 Å². The molecule has 1 N–H and O–H groups in total. The molecule has 10 heteroatoms. The second kappa shape index (κ2) is 8.94. The van der Waals surface area contributed by atoms with Gasteiger partial charge in [-0.3, -0.25) is 4.79 Å². The Hall–Kier alpha value is -3.08. The zero-order valence-electron chi connectivity index (χ0n) is 18.5. The van der Waals surface area contributed by atoms with Crippen molar-refractivity contribution in [3.63, 3.8) is 0 Å². The molecule has 1 saturated heterocycles. The second-order valence-electron chi connectivity index (χ2n) is 8.25. The van der Waals surface area contributed by atoms with Gasteiger partial charge in [0.2, 0.25) is 10.0 Å². The first-order chi connectivity index (χ1) is 16.3. The number of nitrogens with zero attached hydrogens (tertiary/aromatic N) is 3. The molecule has 0 aliphatic carbocycles. The molecule has 0 radical (unpaired) electrons. The molecule has 1 fully saturated rings. The number of halogens is 1. The number of piperidine rings is 1. The molecule has 34 heavy (non-hydrogen) atoms. The Morgan fingerprint density at radius 3 is 2.53 bits per heavy atom. The number of sulfonamides is 1. The van der Waals surface area contributed by atoms with E-state index in [1.54, 1.807) is 41.1 Å². The van der Waals surface area contributed by atoms with Crippen molar-refractivity contribution >= 4 is 43.2 Å². The number of amides is 1. The Morgan fingerprint density at radius 2 is 1.79 bits per heavy atom. The van der Waals surface area contributed by atoms with E-state index in [2.05, 4.69) is 10.4 Å². The summed E-state index contributed by atoms with van der Waals surface area (Å²) in [6, 6.07) is 14.1. The maximum absolute atomic E-state index is 13.3. The summed E-state index contributed by atoms with van der Waals surface area (Å²) in [5.74, 6) is -0.668. The van der Waals surface area contributed by atoms with Gasteiger partial charge in [-0.25, -0.2) is 17.5 Å². The molecule has 1 aliphatic rings. The average Bonchev–Trinajstić information content (AvgIpc) is 3.41. The van der Waals surface area contributed by atoms with Crippen molar-refractivity contribution in [2.75, 3.05) is 18.4 Å². The van der Waals surface area contributed by atoms with Crippen LogP contribution in [0.25, 0.3) is 15.9 Å². The number of carbonyl (C=O) groups is 1. The zero-order valence-corrected chi connectivity index (χ0v) is 20.1. The number of rotatable bonds is 5. The third kappa shape index (κ3) is 4.24. The van der Waals surface area contributed by atoms with Gasteiger partial charge in [0.25, 0.3) is 5.91 Å². The van der Waals surface area contributed by atoms with Crippen molar-refractivity contribution in [3.05, 3.63) is 71.0 Å². The van der Waals surface area contributed by atoms with Gasteiger partial charge >= 0.3 is 0 Å². The number of thiophene rings is 1. The molecule has 0 bridgehead atoms. The SMILES string of the molecule is Cc1nn(-c2ccc(F)cc2)c2sc(C(=O)Nc3cccc(S(=O)(=O)N4CCCCC4)c3)cc12. The van der Waals surface area contributed by atoms with Crippen LogP contribution in [0.4, 0.5) is 10.1 Å². The Morgan fingerprint density at radius 1 is 1.06 bits per heavy atom. The Kier molecular flexibility index (Phi) is 5.97. The lowest BCUT2D eigenvalue weighted by Gasteiger charge is -2.26. The highest BCUT2D eigenvalue weighted by molar-refractivity contribution is 7.89. The number of aryl methyl sites for hydroxylation is 1. The summed E-state index contributed by atoms with van der Waals surface area (Å²) in [7, 11) is -3.60. The van der Waals surface area contributed by atoms with Gasteiger partial charge in [-0.15, -0.1) is 11.3 Å². The van der Waals surface area contributed by atoms with E-state index >= 15 is 0 Å². The van der Waals surface area contributed by atoms with Gasteiger partial charge in [0.15, 0.2) is 0 Å². The van der Waals surface area contributed by atoms with E-state index in [1.165, 1.54) is 33.8 Å². The molecule has 0 atom stereocenters. The van der Waals surface area contributed by atoms with Crippen molar-refractivity contribution < 1.29 is 17.6 Å². The van der Waals surface area contributed by atoms with Crippen LogP contribution in [0.1, 0.15) is 34.6 Å². The molecule has 176 valence electrons. The fourth-order valence-electron chi connectivity index (χ4n) is 4.10. The number of fused-ring (bicyclic) bond motifs is 1. The summed E-state index contributed by atoms with van der Waals surface area (Å²) in [4.78, 5) is 14.4. The van der Waals surface area contributed by atoms with Gasteiger partial charge < -0.3 is 5.32 Å². The fourth-order valence-corrected chi connectivity index (χ4v) is 6.74. The van der Waals surface area contributed by atoms with Gasteiger partial charge in [-0.05, 0) is 68.3 Å². The number of anilines is 1. The highest BCUT2D eigenvalue weighted by atomic mass is 32.2. The summed E-state index contributed by atoms with van der Waals surface area (Å²) in [5.41, 5.74) is 1.87. The van der Waals surface area contributed by atoms with Crippen LogP contribution in [0.15, 0.2) is 59.5 Å². The van der Waals surface area contributed by atoms with E-state index < -0.39 is 10.0 Å². The molecular formula is C24H23FN4O3S2. The van der Waals surface area contributed by atoms with E-state index in [1.807, 2.05) is 6.92 Å². The maximum atomic E-state index is 13.3. The lowest BCUT2D eigenvalue weighted by molar-refractivity contribution is 0.103. The van der Waals surface area contributed by atoms with E-state index in [0.29, 0.717) is 29.3 Å². The highest BCUT2D eigenvalue weighted by Gasteiger charge is 2.26. The molecule has 0 unspecified atom stereocenters. The fraction of sp³-hybridized carbons (Fsp3) is 0.250. The number of nitrogens with one attached hydrogen (secondary N) is 1. The van der Waals surface area contributed by atoms with Crippen LogP contribution < -0.4 is 5.32 Å². The summed E-state index contributed by atoms with van der Waals surface area (Å²) in [6.07, 6.45) is 2.75. The van der Waals surface area contributed by atoms with Crippen molar-refractivity contribution in [1.29, 1.82) is 0 Å². The topological polar surface area (TPSA) is 84.3 Å². The minimum Gasteiger partial charge on any atom is -0.321 e. The predicted octanol–water partition coefficient (Wildman–Crippen LogP) is 4.96. The van der Waals surface area contributed by atoms with Crippen LogP contribution in [0, 0.1) is 12.7 Å². The van der Waals surface area contributed by atoms with Crippen molar-refractivity contribution in [1.82, 2.24) is 14.1 Å². The van der Waals surface area contributed by atoms with Gasteiger partial charge in [-0.2, -0.15) is 9.40 Å². The molecule has 0 spiro atoms. The molecule has 3 heterocycles. The highest BCUT2D eigenvalue weighted by Crippen LogP contribution is 2.31. The number of carbonyl (C=O) groups excluding carboxylic acids is 1. The number of aromatic nitrogens is 2. The number of hydrogen-bond acceptors (Lipinski definition) is 5. The monoisotopic (exact) mass is 498 g/mol. The molecule has 7 nitrogen and oxygen atoms in total. The van der Waals surface area contributed by atoms with Crippen LogP contribution in [0.2, 0.25) is 0 Å². The number of benzene rings is 2. The van der Waals surface area contributed by atoms with Crippen LogP contribution in [0.3, 0.4) is 0 Å². The average molecular weight is 499 g/mol. The van der Waals surface area contributed by atoms with Crippen LogP contribution in [-0.4, -0.2) is 41.5 Å². The van der Waals surface area contributed by atoms with Crippen LogP contribution in [-0.2, 0) is 10.0 Å². The van der Waals surface area contributed by atoms with E-state index in [-0.39, 0.29) is 16.6 Å². The lowest BCUT2D eigenvalue weighted by atomic mass is 10.2. The minimum absolute atomic E-state index is 0.173. The second-order valence-corrected chi connectivity index (χ2v) is 11.2. The van der Waals surface area contributed by atoms with Crippen molar-refractivity contribution in [3.8, 4) is 5.69 Å². The number of hydrogen-bond donors (Lipinski definition) is 1. The third-order valence-corrected chi connectivity index (χ3v) is 8.89. The minimum atomic E-state index is -3.60. The molecule has 4 aromatic rings. The normalized spacial score (nSPS) is 15.0. The van der Waals surface area contributed by atoms with E-state index in [0.717, 1.165) is 35.2 Å². The zero-order chi connectivity index (χ0) is 23.9. The smallest absolute Gasteiger partial charge is 0.265 e. The van der Waals surface area contributed by atoms with Crippen molar-refractivity contribution in [2.45, 2.75) is 31.1 Å².